The molecule has 2 aliphatic rings. The van der Waals surface area contributed by atoms with E-state index in [0.717, 1.165) is 13.1 Å². The highest BCUT2D eigenvalue weighted by atomic mass is 15.2. The van der Waals surface area contributed by atoms with Crippen molar-refractivity contribution in [2.45, 2.75) is 38.6 Å². The molecule has 0 saturated heterocycles. The molecule has 0 amide bonds. The van der Waals surface area contributed by atoms with Crippen LogP contribution in [0.2, 0.25) is 0 Å². The van der Waals surface area contributed by atoms with Gasteiger partial charge < -0.3 is 10.6 Å². The first-order chi connectivity index (χ1) is 8.24. The monoisotopic (exact) mass is 230 g/mol. The van der Waals surface area contributed by atoms with Gasteiger partial charge in [0.15, 0.2) is 0 Å². The van der Waals surface area contributed by atoms with Crippen molar-refractivity contribution >= 4 is 5.69 Å². The van der Waals surface area contributed by atoms with Crippen molar-refractivity contribution < 1.29 is 0 Å². The predicted octanol–water partition coefficient (Wildman–Crippen LogP) is 2.57. The second-order valence-electron chi connectivity index (χ2n) is 5.87. The van der Waals surface area contributed by atoms with Crippen LogP contribution in [0.4, 0.5) is 5.69 Å². The van der Waals surface area contributed by atoms with E-state index in [2.05, 4.69) is 36.1 Å². The van der Waals surface area contributed by atoms with E-state index >= 15 is 0 Å². The number of benzene rings is 1. The van der Waals surface area contributed by atoms with Gasteiger partial charge in [0.2, 0.25) is 0 Å². The number of rotatable bonds is 3. The van der Waals surface area contributed by atoms with Crippen LogP contribution in [0.15, 0.2) is 24.3 Å². The van der Waals surface area contributed by atoms with Gasteiger partial charge >= 0.3 is 0 Å². The van der Waals surface area contributed by atoms with Gasteiger partial charge in [-0.3, -0.25) is 0 Å². The van der Waals surface area contributed by atoms with Crippen molar-refractivity contribution in [2.75, 3.05) is 18.0 Å². The van der Waals surface area contributed by atoms with Gasteiger partial charge in [0.05, 0.1) is 0 Å². The molecule has 1 aliphatic heterocycles. The second kappa shape index (κ2) is 4.02. The lowest BCUT2D eigenvalue weighted by Gasteiger charge is -2.45. The summed E-state index contributed by atoms with van der Waals surface area (Å²) >= 11 is 0. The Morgan fingerprint density at radius 3 is 2.76 bits per heavy atom. The molecule has 92 valence electrons. The number of hydrogen-bond acceptors (Lipinski definition) is 2. The van der Waals surface area contributed by atoms with Crippen molar-refractivity contribution in [3.05, 3.63) is 29.8 Å². The highest BCUT2D eigenvalue weighted by molar-refractivity contribution is 5.59. The van der Waals surface area contributed by atoms with Crippen molar-refractivity contribution in [3.8, 4) is 0 Å². The van der Waals surface area contributed by atoms with Crippen LogP contribution < -0.4 is 10.6 Å². The van der Waals surface area contributed by atoms with Gasteiger partial charge in [0.25, 0.3) is 0 Å². The molecule has 0 aromatic heterocycles. The summed E-state index contributed by atoms with van der Waals surface area (Å²) < 4.78 is 0. The minimum atomic E-state index is 0.408. The Hall–Kier alpha value is -1.02. The molecule has 1 unspecified atom stereocenters. The molecule has 2 N–H and O–H groups in total. The number of para-hydroxylation sites is 1. The molecule has 2 heteroatoms. The van der Waals surface area contributed by atoms with Gasteiger partial charge in [0.1, 0.15) is 0 Å². The van der Waals surface area contributed by atoms with Gasteiger partial charge in [-0.15, -0.1) is 0 Å². The number of hydrogen-bond donors (Lipinski definition) is 1. The zero-order valence-corrected chi connectivity index (χ0v) is 10.7. The molecular formula is C15H22N2. The van der Waals surface area contributed by atoms with Crippen molar-refractivity contribution in [1.29, 1.82) is 0 Å². The van der Waals surface area contributed by atoms with Gasteiger partial charge in [-0.1, -0.05) is 24.6 Å². The van der Waals surface area contributed by atoms with Gasteiger partial charge in [0, 0.05) is 23.7 Å². The van der Waals surface area contributed by atoms with E-state index in [0.29, 0.717) is 11.5 Å². The minimum Gasteiger partial charge on any atom is -0.368 e. The zero-order valence-electron chi connectivity index (χ0n) is 10.7. The maximum absolute atomic E-state index is 5.99. The third kappa shape index (κ3) is 1.75. The van der Waals surface area contributed by atoms with Crippen LogP contribution in [0.1, 0.15) is 31.7 Å². The fourth-order valence-corrected chi connectivity index (χ4v) is 3.34. The Labute approximate surface area is 104 Å². The molecule has 0 spiro atoms. The Morgan fingerprint density at radius 1 is 1.35 bits per heavy atom. The Kier molecular flexibility index (Phi) is 2.62. The maximum Gasteiger partial charge on any atom is 0.0402 e. The van der Waals surface area contributed by atoms with E-state index < -0.39 is 0 Å². The summed E-state index contributed by atoms with van der Waals surface area (Å²) in [7, 11) is 0. The van der Waals surface area contributed by atoms with Crippen LogP contribution in [0.3, 0.4) is 0 Å². The second-order valence-corrected chi connectivity index (χ2v) is 5.87. The first-order valence-corrected chi connectivity index (χ1v) is 6.79. The van der Waals surface area contributed by atoms with Gasteiger partial charge in [-0.05, 0) is 44.4 Å². The standard InChI is InChI=1S/C15H22N2/c1-12-9-13-5-2-3-6-14(13)17(12)11-15(10-16)7-4-8-15/h2-3,5-6,12H,4,7-11,16H2,1H3. The van der Waals surface area contributed by atoms with Crippen LogP contribution in [-0.4, -0.2) is 19.1 Å². The lowest BCUT2D eigenvalue weighted by atomic mass is 9.68. The summed E-state index contributed by atoms with van der Waals surface area (Å²) in [5, 5.41) is 0. The normalized spacial score (nSPS) is 25.5. The lowest BCUT2D eigenvalue weighted by Crippen LogP contribution is -2.48. The topological polar surface area (TPSA) is 29.3 Å². The predicted molar refractivity (Wildman–Crippen MR) is 72.3 cm³/mol. The van der Waals surface area contributed by atoms with Gasteiger partial charge in [-0.25, -0.2) is 0 Å². The Balaban J connectivity index is 1.83. The molecule has 2 nitrogen and oxygen atoms in total. The average molecular weight is 230 g/mol. The first-order valence-electron chi connectivity index (χ1n) is 6.79. The largest absolute Gasteiger partial charge is 0.368 e. The molecular weight excluding hydrogens is 208 g/mol. The summed E-state index contributed by atoms with van der Waals surface area (Å²) in [6.45, 7) is 4.34. The lowest BCUT2D eigenvalue weighted by molar-refractivity contribution is 0.150. The number of nitrogens with zero attached hydrogens (tertiary/aromatic N) is 1. The van der Waals surface area contributed by atoms with Gasteiger partial charge in [-0.2, -0.15) is 0 Å². The summed E-state index contributed by atoms with van der Waals surface area (Å²) in [6, 6.07) is 9.47. The fourth-order valence-electron chi connectivity index (χ4n) is 3.34. The van der Waals surface area contributed by atoms with E-state index in [1.807, 2.05) is 0 Å². The van der Waals surface area contributed by atoms with Crippen molar-refractivity contribution in [1.82, 2.24) is 0 Å². The molecule has 1 atom stereocenters. The molecule has 1 aromatic carbocycles. The Morgan fingerprint density at radius 2 is 2.12 bits per heavy atom. The highest BCUT2D eigenvalue weighted by Gasteiger charge is 2.39. The van der Waals surface area contributed by atoms with Crippen LogP contribution in [0.5, 0.6) is 0 Å². The van der Waals surface area contributed by atoms with Crippen molar-refractivity contribution in [3.63, 3.8) is 0 Å². The maximum atomic E-state index is 5.99. The van der Waals surface area contributed by atoms with Crippen LogP contribution in [-0.2, 0) is 6.42 Å². The molecule has 1 aromatic rings. The average Bonchev–Trinajstić information content (AvgIpc) is 2.60. The van der Waals surface area contributed by atoms with Crippen LogP contribution in [0.25, 0.3) is 0 Å². The summed E-state index contributed by atoms with van der Waals surface area (Å²) in [4.78, 5) is 2.58. The molecule has 1 saturated carbocycles. The van der Waals surface area contributed by atoms with E-state index in [1.54, 1.807) is 0 Å². The van der Waals surface area contributed by atoms with E-state index in [9.17, 15) is 0 Å². The summed E-state index contributed by atoms with van der Waals surface area (Å²) in [5.41, 5.74) is 9.34. The zero-order chi connectivity index (χ0) is 11.9. The molecule has 1 heterocycles. The quantitative estimate of drug-likeness (QED) is 0.864. The number of nitrogens with two attached hydrogens (primary N) is 1. The third-order valence-corrected chi connectivity index (χ3v) is 4.70. The van der Waals surface area contributed by atoms with Crippen LogP contribution >= 0.6 is 0 Å². The highest BCUT2D eigenvalue weighted by Crippen LogP contribution is 2.43. The summed E-state index contributed by atoms with van der Waals surface area (Å²) in [5.74, 6) is 0. The van der Waals surface area contributed by atoms with E-state index in [4.69, 9.17) is 5.73 Å². The molecule has 17 heavy (non-hydrogen) atoms. The van der Waals surface area contributed by atoms with Crippen molar-refractivity contribution in [2.24, 2.45) is 11.1 Å². The smallest absolute Gasteiger partial charge is 0.0402 e. The Bertz CT molecular complexity index is 404. The minimum absolute atomic E-state index is 0.408. The molecule has 1 fully saturated rings. The summed E-state index contributed by atoms with van der Waals surface area (Å²) in [6.07, 6.45) is 5.18. The van der Waals surface area contributed by atoms with E-state index in [1.165, 1.54) is 36.9 Å². The SMILES string of the molecule is CC1Cc2ccccc2N1CC1(CN)CCC1. The molecule has 0 bridgehead atoms. The third-order valence-electron chi connectivity index (χ3n) is 4.70. The number of fused-ring (bicyclic) bond motifs is 1. The van der Waals surface area contributed by atoms with E-state index in [-0.39, 0.29) is 0 Å². The fraction of sp³-hybridized carbons (Fsp3) is 0.600. The number of anilines is 1. The first kappa shape index (κ1) is 11.1. The molecule has 3 rings (SSSR count). The molecule has 0 radical (unpaired) electrons. The molecule has 1 aliphatic carbocycles. The van der Waals surface area contributed by atoms with Crippen LogP contribution in [0, 0.1) is 5.41 Å².